The second-order valence-corrected chi connectivity index (χ2v) is 5.99. The highest BCUT2D eigenvalue weighted by molar-refractivity contribution is 7.13. The molecule has 0 radical (unpaired) electrons. The summed E-state index contributed by atoms with van der Waals surface area (Å²) in [7, 11) is 0. The van der Waals surface area contributed by atoms with Crippen LogP contribution in [-0.4, -0.2) is 23.5 Å². The van der Waals surface area contributed by atoms with Gasteiger partial charge in [0.25, 0.3) is 5.91 Å². The zero-order valence-corrected chi connectivity index (χ0v) is 14.1. The van der Waals surface area contributed by atoms with E-state index in [1.165, 1.54) is 11.3 Å². The Balaban J connectivity index is 0.00000180. The van der Waals surface area contributed by atoms with Crippen LogP contribution in [0, 0.1) is 5.92 Å². The van der Waals surface area contributed by atoms with Crippen molar-refractivity contribution in [3.05, 3.63) is 16.1 Å². The molecule has 1 saturated carbocycles. The Hall–Kier alpha value is -0.360. The molecule has 116 valence electrons. The lowest BCUT2D eigenvalue weighted by Gasteiger charge is -2.18. The smallest absolute Gasteiger partial charge is 0.263 e. The molecular weight excluding hydrogens is 317 g/mol. The van der Waals surface area contributed by atoms with Crippen molar-refractivity contribution in [2.75, 3.05) is 6.54 Å². The SMILES string of the molecule is CCCc1ncc(C(=O)NC2CCCC2CN)s1.Cl.Cl. The summed E-state index contributed by atoms with van der Waals surface area (Å²) in [5, 5.41) is 4.15. The monoisotopic (exact) mass is 339 g/mol. The van der Waals surface area contributed by atoms with Gasteiger partial charge in [0.2, 0.25) is 0 Å². The van der Waals surface area contributed by atoms with Crippen LogP contribution in [0.25, 0.3) is 0 Å². The molecule has 1 heterocycles. The molecule has 0 spiro atoms. The molecule has 1 aromatic rings. The van der Waals surface area contributed by atoms with Gasteiger partial charge in [0, 0.05) is 6.04 Å². The molecule has 0 aromatic carbocycles. The van der Waals surface area contributed by atoms with Crippen LogP contribution in [0.4, 0.5) is 0 Å². The summed E-state index contributed by atoms with van der Waals surface area (Å²) in [6.07, 6.45) is 7.05. The zero-order chi connectivity index (χ0) is 13.0. The number of aromatic nitrogens is 1. The predicted octanol–water partition coefficient (Wildman–Crippen LogP) is 2.80. The van der Waals surface area contributed by atoms with Gasteiger partial charge in [-0.25, -0.2) is 4.98 Å². The first-order valence-electron chi connectivity index (χ1n) is 6.70. The molecule has 1 aliphatic rings. The molecule has 20 heavy (non-hydrogen) atoms. The van der Waals surface area contributed by atoms with Crippen LogP contribution in [0.3, 0.4) is 0 Å². The fourth-order valence-electron chi connectivity index (χ4n) is 2.49. The van der Waals surface area contributed by atoms with E-state index in [1.807, 2.05) is 0 Å². The highest BCUT2D eigenvalue weighted by atomic mass is 35.5. The second-order valence-electron chi connectivity index (χ2n) is 4.87. The van der Waals surface area contributed by atoms with Crippen molar-refractivity contribution in [1.29, 1.82) is 0 Å². The summed E-state index contributed by atoms with van der Waals surface area (Å²) in [4.78, 5) is 17.1. The van der Waals surface area contributed by atoms with Gasteiger partial charge >= 0.3 is 0 Å². The van der Waals surface area contributed by atoms with E-state index >= 15 is 0 Å². The molecule has 1 aromatic heterocycles. The fourth-order valence-corrected chi connectivity index (χ4v) is 3.42. The topological polar surface area (TPSA) is 68.0 Å². The van der Waals surface area contributed by atoms with Crippen molar-refractivity contribution in [2.45, 2.75) is 45.1 Å². The molecule has 0 aliphatic heterocycles. The van der Waals surface area contributed by atoms with Gasteiger partial charge in [-0.15, -0.1) is 36.2 Å². The van der Waals surface area contributed by atoms with Gasteiger partial charge in [-0.1, -0.05) is 13.3 Å². The number of carbonyl (C=O) groups excluding carboxylic acids is 1. The van der Waals surface area contributed by atoms with Gasteiger partial charge < -0.3 is 11.1 Å². The predicted molar refractivity (Wildman–Crippen MR) is 88.3 cm³/mol. The maximum absolute atomic E-state index is 12.1. The van der Waals surface area contributed by atoms with Gasteiger partial charge in [-0.2, -0.15) is 0 Å². The first-order valence-corrected chi connectivity index (χ1v) is 7.52. The minimum absolute atomic E-state index is 0. The highest BCUT2D eigenvalue weighted by Crippen LogP contribution is 2.25. The summed E-state index contributed by atoms with van der Waals surface area (Å²) in [6.45, 7) is 2.78. The number of halogens is 2. The van der Waals surface area contributed by atoms with Crippen LogP contribution in [0.15, 0.2) is 6.20 Å². The summed E-state index contributed by atoms with van der Waals surface area (Å²) >= 11 is 1.50. The van der Waals surface area contributed by atoms with E-state index in [2.05, 4.69) is 17.2 Å². The van der Waals surface area contributed by atoms with E-state index in [0.717, 1.165) is 42.0 Å². The molecular formula is C13H23Cl2N3OS. The van der Waals surface area contributed by atoms with Crippen LogP contribution < -0.4 is 11.1 Å². The van der Waals surface area contributed by atoms with E-state index in [9.17, 15) is 4.79 Å². The Bertz CT molecular complexity index is 414. The lowest BCUT2D eigenvalue weighted by Crippen LogP contribution is -2.39. The first kappa shape index (κ1) is 19.6. The van der Waals surface area contributed by atoms with Crippen LogP contribution >= 0.6 is 36.2 Å². The first-order chi connectivity index (χ1) is 8.74. The number of nitrogens with zero attached hydrogens (tertiary/aromatic N) is 1. The Morgan fingerprint density at radius 2 is 2.25 bits per heavy atom. The number of amides is 1. The number of aryl methyl sites for hydroxylation is 1. The maximum atomic E-state index is 12.1. The lowest BCUT2D eigenvalue weighted by molar-refractivity contribution is 0.0932. The summed E-state index contributed by atoms with van der Waals surface area (Å²) in [5.41, 5.74) is 5.72. The van der Waals surface area contributed by atoms with Gasteiger partial charge in [0.1, 0.15) is 4.88 Å². The third-order valence-corrected chi connectivity index (χ3v) is 4.58. The van der Waals surface area contributed by atoms with E-state index in [0.29, 0.717) is 12.5 Å². The van der Waals surface area contributed by atoms with Crippen LogP contribution in [0.5, 0.6) is 0 Å². The average molecular weight is 340 g/mol. The quantitative estimate of drug-likeness (QED) is 0.866. The number of hydrogen-bond donors (Lipinski definition) is 2. The summed E-state index contributed by atoms with van der Waals surface area (Å²) < 4.78 is 0. The van der Waals surface area contributed by atoms with Gasteiger partial charge in [0.15, 0.2) is 0 Å². The third kappa shape index (κ3) is 4.88. The third-order valence-electron chi connectivity index (χ3n) is 3.52. The maximum Gasteiger partial charge on any atom is 0.263 e. The molecule has 2 unspecified atom stereocenters. The number of thiazole rings is 1. The molecule has 0 bridgehead atoms. The number of hydrogen-bond acceptors (Lipinski definition) is 4. The molecule has 1 amide bonds. The Kier molecular flexibility index (Phi) is 9.38. The van der Waals surface area contributed by atoms with Gasteiger partial charge in [-0.3, -0.25) is 4.79 Å². The van der Waals surface area contributed by atoms with Crippen LogP contribution in [0.1, 0.15) is 47.3 Å². The second kappa shape index (κ2) is 9.55. The molecule has 2 atom stereocenters. The summed E-state index contributed by atoms with van der Waals surface area (Å²) in [5.74, 6) is 0.456. The summed E-state index contributed by atoms with van der Waals surface area (Å²) in [6, 6.07) is 0.249. The normalized spacial score (nSPS) is 20.9. The van der Waals surface area contributed by atoms with Crippen molar-refractivity contribution in [3.8, 4) is 0 Å². The number of rotatable bonds is 5. The van der Waals surface area contributed by atoms with E-state index in [-0.39, 0.29) is 36.8 Å². The molecule has 2 rings (SSSR count). The molecule has 7 heteroatoms. The molecule has 1 aliphatic carbocycles. The zero-order valence-electron chi connectivity index (χ0n) is 11.6. The van der Waals surface area contributed by atoms with Crippen LogP contribution in [-0.2, 0) is 6.42 Å². The Morgan fingerprint density at radius 1 is 1.50 bits per heavy atom. The van der Waals surface area contributed by atoms with E-state index in [1.54, 1.807) is 6.20 Å². The Labute approximate surface area is 136 Å². The van der Waals surface area contributed by atoms with Gasteiger partial charge in [-0.05, 0) is 38.1 Å². The number of carbonyl (C=O) groups is 1. The van der Waals surface area contributed by atoms with E-state index < -0.39 is 0 Å². The van der Waals surface area contributed by atoms with Crippen molar-refractivity contribution < 1.29 is 4.79 Å². The minimum atomic E-state index is 0. The van der Waals surface area contributed by atoms with Crippen molar-refractivity contribution in [2.24, 2.45) is 11.7 Å². The average Bonchev–Trinajstić information content (AvgIpc) is 2.98. The molecule has 4 nitrogen and oxygen atoms in total. The van der Waals surface area contributed by atoms with Crippen molar-refractivity contribution in [3.63, 3.8) is 0 Å². The van der Waals surface area contributed by atoms with Crippen molar-refractivity contribution >= 4 is 42.1 Å². The standard InChI is InChI=1S/C13H21N3OS.2ClH/c1-2-4-12-15-8-11(18-12)13(17)16-10-6-3-5-9(10)7-14;;/h8-10H,2-7,14H2,1H3,(H,16,17);2*1H. The van der Waals surface area contributed by atoms with E-state index in [4.69, 9.17) is 5.73 Å². The van der Waals surface area contributed by atoms with Crippen LogP contribution in [0.2, 0.25) is 0 Å². The minimum Gasteiger partial charge on any atom is -0.348 e. The van der Waals surface area contributed by atoms with Gasteiger partial charge in [0.05, 0.1) is 11.2 Å². The largest absolute Gasteiger partial charge is 0.348 e. The highest BCUT2D eigenvalue weighted by Gasteiger charge is 2.28. The number of nitrogens with one attached hydrogen (secondary N) is 1. The lowest BCUT2D eigenvalue weighted by atomic mass is 10.0. The number of nitrogens with two attached hydrogens (primary N) is 1. The molecule has 1 fully saturated rings. The van der Waals surface area contributed by atoms with Crippen molar-refractivity contribution in [1.82, 2.24) is 10.3 Å². The Morgan fingerprint density at radius 3 is 2.90 bits per heavy atom. The fraction of sp³-hybridized carbons (Fsp3) is 0.692. The molecule has 3 N–H and O–H groups in total. The molecule has 0 saturated heterocycles.